The minimum absolute atomic E-state index is 0.0268. The molecule has 1 saturated carbocycles. The van der Waals surface area contributed by atoms with Crippen molar-refractivity contribution >= 4 is 11.7 Å². The Labute approximate surface area is 172 Å². The van der Waals surface area contributed by atoms with E-state index in [0.717, 1.165) is 24.0 Å². The largest absolute Gasteiger partial charge is 0.489 e. The Bertz CT molecular complexity index is 970. The summed E-state index contributed by atoms with van der Waals surface area (Å²) in [5.74, 6) is -1.15. The smallest absolute Gasteiger partial charge is 0.242 e. The van der Waals surface area contributed by atoms with E-state index in [1.54, 1.807) is 24.3 Å². The van der Waals surface area contributed by atoms with Crippen LogP contribution in [0.2, 0.25) is 0 Å². The van der Waals surface area contributed by atoms with Gasteiger partial charge in [0.15, 0.2) is 0 Å². The van der Waals surface area contributed by atoms with Crippen LogP contribution in [0.4, 0.5) is 14.6 Å². The molecule has 0 radical (unpaired) electrons. The van der Waals surface area contributed by atoms with E-state index in [4.69, 9.17) is 9.47 Å². The van der Waals surface area contributed by atoms with Gasteiger partial charge < -0.3 is 14.8 Å². The summed E-state index contributed by atoms with van der Waals surface area (Å²) < 4.78 is 36.6. The highest BCUT2D eigenvalue weighted by atomic mass is 19.3. The van der Waals surface area contributed by atoms with Gasteiger partial charge in [-0.3, -0.25) is 4.79 Å². The van der Waals surface area contributed by atoms with Crippen LogP contribution in [0.25, 0.3) is 11.1 Å². The molecule has 6 nitrogen and oxygen atoms in total. The molecule has 1 aliphatic heterocycles. The number of pyridine rings is 1. The summed E-state index contributed by atoms with van der Waals surface area (Å²) in [7, 11) is 0. The second-order valence-electron chi connectivity index (χ2n) is 7.51. The van der Waals surface area contributed by atoms with Crippen LogP contribution in [-0.4, -0.2) is 36.6 Å². The molecule has 2 fully saturated rings. The normalized spacial score (nSPS) is 21.1. The average molecular weight is 413 g/mol. The number of anilines is 1. The van der Waals surface area contributed by atoms with Crippen molar-refractivity contribution in [2.75, 3.05) is 18.5 Å². The molecule has 1 aliphatic carbocycles. The van der Waals surface area contributed by atoms with Gasteiger partial charge in [0.1, 0.15) is 23.7 Å². The van der Waals surface area contributed by atoms with E-state index in [-0.39, 0.29) is 12.5 Å². The van der Waals surface area contributed by atoms with Crippen molar-refractivity contribution in [3.63, 3.8) is 0 Å². The summed E-state index contributed by atoms with van der Waals surface area (Å²) >= 11 is 0. The van der Waals surface area contributed by atoms with Crippen LogP contribution in [0.1, 0.15) is 24.8 Å². The predicted molar refractivity (Wildman–Crippen MR) is 105 cm³/mol. The number of nitriles is 1. The van der Waals surface area contributed by atoms with Crippen molar-refractivity contribution < 1.29 is 23.0 Å². The number of halogens is 2. The zero-order valence-corrected chi connectivity index (χ0v) is 16.2. The molecule has 1 aromatic carbocycles. The molecule has 0 bridgehead atoms. The topological polar surface area (TPSA) is 84.2 Å². The van der Waals surface area contributed by atoms with Crippen molar-refractivity contribution in [2.24, 2.45) is 11.8 Å². The second-order valence-corrected chi connectivity index (χ2v) is 7.51. The number of nitrogens with zero attached hydrogens (tertiary/aromatic N) is 2. The van der Waals surface area contributed by atoms with Gasteiger partial charge in [-0.1, -0.05) is 6.07 Å². The quantitative estimate of drug-likeness (QED) is 0.773. The molecule has 8 heteroatoms. The van der Waals surface area contributed by atoms with Crippen molar-refractivity contribution in [3.8, 4) is 22.9 Å². The fourth-order valence-electron chi connectivity index (χ4n) is 3.57. The lowest BCUT2D eigenvalue weighted by Crippen LogP contribution is -2.26. The minimum atomic E-state index is -2.48. The van der Waals surface area contributed by atoms with E-state index in [1.165, 1.54) is 6.20 Å². The third-order valence-corrected chi connectivity index (χ3v) is 5.41. The first-order valence-electron chi connectivity index (χ1n) is 9.89. The van der Waals surface area contributed by atoms with Crippen LogP contribution in [0, 0.1) is 23.2 Å². The number of hydrogen-bond acceptors (Lipinski definition) is 5. The first kappa shape index (κ1) is 20.2. The molecule has 2 heterocycles. The molecule has 156 valence electrons. The van der Waals surface area contributed by atoms with Gasteiger partial charge in [-0.15, -0.1) is 0 Å². The number of rotatable bonds is 6. The number of nitrogens with one attached hydrogen (secondary N) is 1. The maximum atomic E-state index is 12.7. The summed E-state index contributed by atoms with van der Waals surface area (Å²) in [6.07, 6.45) is 0.843. The van der Waals surface area contributed by atoms with E-state index in [2.05, 4.69) is 16.4 Å². The standard InChI is InChI=1S/C22H21F2N3O3/c23-21(24)17-11-18(17)22(28)27-20-10-14(3-6-26-20)13-1-2-19(15(9-13)12-25)30-16-4-7-29-8-5-16/h1-3,6,9-10,16-18,21H,4-5,7-8,11H2,(H,26,27,28). The number of carbonyl (C=O) groups excluding carboxylic acids is 1. The van der Waals surface area contributed by atoms with Gasteiger partial charge in [0.25, 0.3) is 0 Å². The van der Waals surface area contributed by atoms with Gasteiger partial charge in [-0.05, 0) is 41.8 Å². The molecule has 1 amide bonds. The Morgan fingerprint density at radius 2 is 2.00 bits per heavy atom. The predicted octanol–water partition coefficient (Wildman–Crippen LogP) is 4.02. The van der Waals surface area contributed by atoms with Crippen LogP contribution >= 0.6 is 0 Å². The van der Waals surface area contributed by atoms with Crippen molar-refractivity contribution in [1.29, 1.82) is 5.26 Å². The van der Waals surface area contributed by atoms with Crippen molar-refractivity contribution in [2.45, 2.75) is 31.8 Å². The highest BCUT2D eigenvalue weighted by Gasteiger charge is 2.48. The van der Waals surface area contributed by atoms with Crippen LogP contribution in [0.15, 0.2) is 36.5 Å². The summed E-state index contributed by atoms with van der Waals surface area (Å²) in [6.45, 7) is 1.30. The molecular formula is C22H21F2N3O3. The summed E-state index contributed by atoms with van der Waals surface area (Å²) in [4.78, 5) is 16.2. The van der Waals surface area contributed by atoms with E-state index in [1.807, 2.05) is 6.07 Å². The monoisotopic (exact) mass is 413 g/mol. The number of aromatic nitrogens is 1. The molecule has 2 aliphatic rings. The Hall–Kier alpha value is -3.05. The highest BCUT2D eigenvalue weighted by Crippen LogP contribution is 2.43. The molecule has 0 spiro atoms. The highest BCUT2D eigenvalue weighted by molar-refractivity contribution is 5.94. The first-order chi connectivity index (χ1) is 14.5. The molecule has 2 atom stereocenters. The molecule has 2 unspecified atom stereocenters. The van der Waals surface area contributed by atoms with E-state index in [9.17, 15) is 18.8 Å². The molecule has 1 N–H and O–H groups in total. The Morgan fingerprint density at radius 1 is 1.23 bits per heavy atom. The molecule has 1 saturated heterocycles. The summed E-state index contributed by atoms with van der Waals surface area (Å²) in [6, 6.07) is 10.9. The molecular weight excluding hydrogens is 392 g/mol. The van der Waals surface area contributed by atoms with Crippen molar-refractivity contribution in [1.82, 2.24) is 4.98 Å². The molecule has 1 aromatic heterocycles. The number of carbonyl (C=O) groups is 1. The lowest BCUT2D eigenvalue weighted by Gasteiger charge is -2.23. The van der Waals surface area contributed by atoms with Gasteiger partial charge in [-0.25, -0.2) is 13.8 Å². The number of amides is 1. The zero-order chi connectivity index (χ0) is 21.1. The lowest BCUT2D eigenvalue weighted by atomic mass is 10.0. The summed E-state index contributed by atoms with van der Waals surface area (Å²) in [5, 5.41) is 12.2. The van der Waals surface area contributed by atoms with Gasteiger partial charge in [0.05, 0.1) is 18.8 Å². The lowest BCUT2D eigenvalue weighted by molar-refractivity contribution is -0.118. The fraction of sp³-hybridized carbons (Fsp3) is 0.409. The summed E-state index contributed by atoms with van der Waals surface area (Å²) in [5.41, 5.74) is 1.93. The maximum Gasteiger partial charge on any atom is 0.242 e. The second kappa shape index (κ2) is 8.76. The Kier molecular flexibility index (Phi) is 5.91. The van der Waals surface area contributed by atoms with Gasteiger partial charge in [0, 0.05) is 30.9 Å². The van der Waals surface area contributed by atoms with E-state index in [0.29, 0.717) is 30.3 Å². The number of benzene rings is 1. The van der Waals surface area contributed by atoms with Gasteiger partial charge in [0.2, 0.25) is 12.3 Å². The van der Waals surface area contributed by atoms with Crippen LogP contribution < -0.4 is 10.1 Å². The van der Waals surface area contributed by atoms with Gasteiger partial charge in [-0.2, -0.15) is 5.26 Å². The van der Waals surface area contributed by atoms with Crippen LogP contribution in [-0.2, 0) is 9.53 Å². The molecule has 4 rings (SSSR count). The number of ether oxygens (including phenoxy) is 2. The zero-order valence-electron chi connectivity index (χ0n) is 16.2. The van der Waals surface area contributed by atoms with Crippen molar-refractivity contribution in [3.05, 3.63) is 42.1 Å². The average Bonchev–Trinajstić information content (AvgIpc) is 3.56. The third-order valence-electron chi connectivity index (χ3n) is 5.41. The minimum Gasteiger partial charge on any atom is -0.489 e. The SMILES string of the molecule is N#Cc1cc(-c2ccnc(NC(=O)C3CC3C(F)F)c2)ccc1OC1CCOCC1. The Balaban J connectivity index is 1.48. The number of hydrogen-bond donors (Lipinski definition) is 1. The maximum absolute atomic E-state index is 12.7. The Morgan fingerprint density at radius 3 is 2.70 bits per heavy atom. The molecule has 2 aromatic rings. The van der Waals surface area contributed by atoms with Crippen LogP contribution in [0.3, 0.4) is 0 Å². The third kappa shape index (κ3) is 4.57. The van der Waals surface area contributed by atoms with Gasteiger partial charge >= 0.3 is 0 Å². The number of alkyl halides is 2. The van der Waals surface area contributed by atoms with E-state index >= 15 is 0 Å². The fourth-order valence-corrected chi connectivity index (χ4v) is 3.57. The van der Waals surface area contributed by atoms with E-state index < -0.39 is 24.2 Å². The first-order valence-corrected chi connectivity index (χ1v) is 9.89. The van der Waals surface area contributed by atoms with Crippen LogP contribution in [0.5, 0.6) is 5.75 Å². The molecule has 30 heavy (non-hydrogen) atoms.